The first-order valence-corrected chi connectivity index (χ1v) is 10.9. The van der Waals surface area contributed by atoms with E-state index in [2.05, 4.69) is 15.9 Å². The van der Waals surface area contributed by atoms with Crippen LogP contribution in [0.4, 0.5) is 0 Å². The zero-order valence-electron chi connectivity index (χ0n) is 18.6. The summed E-state index contributed by atoms with van der Waals surface area (Å²) in [4.78, 5) is 17.2. The van der Waals surface area contributed by atoms with Crippen LogP contribution in [0.5, 0.6) is 11.5 Å². The van der Waals surface area contributed by atoms with E-state index in [1.54, 1.807) is 43.5 Å². The average molecular weight is 447 g/mol. The van der Waals surface area contributed by atoms with Gasteiger partial charge in [0.1, 0.15) is 24.2 Å². The third kappa shape index (κ3) is 5.68. The highest BCUT2D eigenvalue weighted by Gasteiger charge is 2.35. The summed E-state index contributed by atoms with van der Waals surface area (Å²) in [5.41, 5.74) is 1.49. The van der Waals surface area contributed by atoms with E-state index in [-0.39, 0.29) is 18.0 Å². The largest absolute Gasteiger partial charge is 0.497 e. The number of rotatable bonds is 8. The Balaban J connectivity index is 1.25. The van der Waals surface area contributed by atoms with E-state index in [4.69, 9.17) is 19.5 Å². The molecule has 2 aromatic carbocycles. The molecule has 170 valence electrons. The van der Waals surface area contributed by atoms with E-state index in [0.717, 1.165) is 18.8 Å². The topological polar surface area (TPSA) is 98.8 Å². The Hall–Kier alpha value is -3.43. The van der Waals surface area contributed by atoms with Crippen molar-refractivity contribution < 1.29 is 19.0 Å². The van der Waals surface area contributed by atoms with Crippen molar-refractivity contribution in [2.75, 3.05) is 53.0 Å². The SMILES string of the molecule is COc1ccc(C(=O)CN2CC3CN(CCOc4ccc(C#N)cc4C#N)CC(C2)O3)cc1. The number of Topliss-reactive ketones (excluding diaryl/α,β-unsaturated/α-hetero) is 1. The third-order valence-electron chi connectivity index (χ3n) is 5.91. The molecule has 0 radical (unpaired) electrons. The maximum Gasteiger partial charge on any atom is 0.176 e. The van der Waals surface area contributed by atoms with Crippen molar-refractivity contribution in [1.29, 1.82) is 10.5 Å². The number of hydrogen-bond donors (Lipinski definition) is 0. The minimum atomic E-state index is 0.0470. The average Bonchev–Trinajstić information content (AvgIpc) is 2.83. The molecule has 2 atom stereocenters. The second-order valence-corrected chi connectivity index (χ2v) is 8.27. The Kier molecular flexibility index (Phi) is 7.21. The first-order chi connectivity index (χ1) is 16.1. The highest BCUT2D eigenvalue weighted by Crippen LogP contribution is 2.22. The third-order valence-corrected chi connectivity index (χ3v) is 5.91. The van der Waals surface area contributed by atoms with E-state index in [1.807, 2.05) is 6.07 Å². The second kappa shape index (κ2) is 10.5. The summed E-state index contributed by atoms with van der Waals surface area (Å²) in [7, 11) is 1.61. The Bertz CT molecular complexity index is 1060. The molecule has 0 N–H and O–H groups in total. The number of methoxy groups -OCH3 is 1. The Labute approximate surface area is 193 Å². The molecule has 2 fully saturated rings. The summed E-state index contributed by atoms with van der Waals surface area (Å²) < 4.78 is 17.1. The first-order valence-electron chi connectivity index (χ1n) is 10.9. The van der Waals surface area contributed by atoms with E-state index >= 15 is 0 Å². The van der Waals surface area contributed by atoms with Crippen molar-refractivity contribution in [3.63, 3.8) is 0 Å². The lowest BCUT2D eigenvalue weighted by molar-refractivity contribution is -0.137. The van der Waals surface area contributed by atoms with Gasteiger partial charge in [0.2, 0.25) is 0 Å². The lowest BCUT2D eigenvalue weighted by atomic mass is 10.1. The van der Waals surface area contributed by atoms with Crippen molar-refractivity contribution >= 4 is 5.78 Å². The maximum absolute atomic E-state index is 12.7. The molecule has 0 spiro atoms. The van der Waals surface area contributed by atoms with Gasteiger partial charge >= 0.3 is 0 Å². The Morgan fingerprint density at radius 2 is 1.73 bits per heavy atom. The molecule has 0 aromatic heterocycles. The van der Waals surface area contributed by atoms with Crippen molar-refractivity contribution in [2.45, 2.75) is 12.2 Å². The van der Waals surface area contributed by atoms with Crippen LogP contribution in [0.3, 0.4) is 0 Å². The van der Waals surface area contributed by atoms with E-state index < -0.39 is 0 Å². The highest BCUT2D eigenvalue weighted by atomic mass is 16.5. The monoisotopic (exact) mass is 446 g/mol. The van der Waals surface area contributed by atoms with Gasteiger partial charge in [0.05, 0.1) is 43.1 Å². The molecule has 2 heterocycles. The molecule has 33 heavy (non-hydrogen) atoms. The lowest BCUT2D eigenvalue weighted by Crippen LogP contribution is -2.60. The number of nitriles is 2. The number of carbonyl (C=O) groups excluding carboxylic acids is 1. The highest BCUT2D eigenvalue weighted by molar-refractivity contribution is 5.97. The van der Waals surface area contributed by atoms with E-state index in [0.29, 0.717) is 55.2 Å². The quantitative estimate of drug-likeness (QED) is 0.569. The van der Waals surface area contributed by atoms with Gasteiger partial charge < -0.3 is 14.2 Å². The van der Waals surface area contributed by atoms with Crippen molar-refractivity contribution in [1.82, 2.24) is 9.80 Å². The number of ketones is 1. The molecular weight excluding hydrogens is 420 g/mol. The fourth-order valence-corrected chi connectivity index (χ4v) is 4.34. The minimum absolute atomic E-state index is 0.0470. The van der Waals surface area contributed by atoms with Gasteiger partial charge in [-0.1, -0.05) is 0 Å². The molecule has 2 saturated heterocycles. The molecule has 8 heteroatoms. The summed E-state index contributed by atoms with van der Waals surface area (Å²) in [6.07, 6.45) is 0.0940. The first kappa shape index (κ1) is 22.8. The zero-order chi connectivity index (χ0) is 23.2. The fourth-order valence-electron chi connectivity index (χ4n) is 4.34. The number of hydrogen-bond acceptors (Lipinski definition) is 8. The van der Waals surface area contributed by atoms with Gasteiger partial charge in [-0.05, 0) is 42.5 Å². The van der Waals surface area contributed by atoms with Crippen LogP contribution >= 0.6 is 0 Å². The molecular formula is C25H26N4O4. The van der Waals surface area contributed by atoms with Crippen LogP contribution in [0.1, 0.15) is 21.5 Å². The Morgan fingerprint density at radius 3 is 2.36 bits per heavy atom. The van der Waals surface area contributed by atoms with Gasteiger partial charge in [-0.3, -0.25) is 14.6 Å². The van der Waals surface area contributed by atoms with Crippen LogP contribution in [0, 0.1) is 22.7 Å². The minimum Gasteiger partial charge on any atom is -0.497 e. The number of ether oxygens (including phenoxy) is 3. The van der Waals surface area contributed by atoms with Crippen LogP contribution in [-0.4, -0.2) is 80.8 Å². The van der Waals surface area contributed by atoms with Crippen LogP contribution in [-0.2, 0) is 4.74 Å². The molecule has 2 bridgehead atoms. The molecule has 2 aliphatic heterocycles. The van der Waals surface area contributed by atoms with Gasteiger partial charge in [0, 0.05) is 38.3 Å². The standard InChI is InChI=1S/C25H26N4O4/c1-31-21-5-3-19(4-6-21)24(30)17-29-15-22-13-28(14-23(16-29)33-22)8-9-32-25-7-2-18(11-26)10-20(25)12-27/h2-7,10,22-23H,8-9,13-17H2,1H3. The zero-order valence-corrected chi connectivity index (χ0v) is 18.6. The smallest absolute Gasteiger partial charge is 0.176 e. The van der Waals surface area contributed by atoms with E-state index in [1.165, 1.54) is 6.07 Å². The molecule has 0 saturated carbocycles. The van der Waals surface area contributed by atoms with Gasteiger partial charge in [0.15, 0.2) is 5.78 Å². The predicted octanol–water partition coefficient (Wildman–Crippen LogP) is 2.09. The second-order valence-electron chi connectivity index (χ2n) is 8.27. The van der Waals surface area contributed by atoms with Crippen molar-refractivity contribution in [2.24, 2.45) is 0 Å². The molecule has 8 nitrogen and oxygen atoms in total. The van der Waals surface area contributed by atoms with Crippen LogP contribution in [0.15, 0.2) is 42.5 Å². The molecule has 2 unspecified atom stereocenters. The molecule has 0 amide bonds. The fraction of sp³-hybridized carbons (Fsp3) is 0.400. The molecule has 0 aliphatic carbocycles. The number of morpholine rings is 2. The van der Waals surface area contributed by atoms with E-state index in [9.17, 15) is 10.1 Å². The van der Waals surface area contributed by atoms with Crippen molar-refractivity contribution in [3.05, 3.63) is 59.2 Å². The maximum atomic E-state index is 12.7. The molecule has 2 aromatic rings. The van der Waals surface area contributed by atoms with Gasteiger partial charge in [-0.15, -0.1) is 0 Å². The molecule has 4 rings (SSSR count). The summed E-state index contributed by atoms with van der Waals surface area (Å²) >= 11 is 0. The summed E-state index contributed by atoms with van der Waals surface area (Å²) in [6, 6.07) is 16.2. The number of carbonyl (C=O) groups is 1. The number of nitrogens with zero attached hydrogens (tertiary/aromatic N) is 4. The van der Waals surface area contributed by atoms with Gasteiger partial charge in [0.25, 0.3) is 0 Å². The van der Waals surface area contributed by atoms with Gasteiger partial charge in [-0.2, -0.15) is 10.5 Å². The summed E-state index contributed by atoms with van der Waals surface area (Å²) in [6.45, 7) is 4.50. The molecule has 2 aliphatic rings. The number of fused-ring (bicyclic) bond motifs is 2. The van der Waals surface area contributed by atoms with Crippen LogP contribution < -0.4 is 9.47 Å². The normalized spacial score (nSPS) is 20.5. The van der Waals surface area contributed by atoms with Crippen LogP contribution in [0.25, 0.3) is 0 Å². The lowest BCUT2D eigenvalue weighted by Gasteiger charge is -2.45. The Morgan fingerprint density at radius 1 is 1.03 bits per heavy atom. The van der Waals surface area contributed by atoms with Crippen LogP contribution in [0.2, 0.25) is 0 Å². The summed E-state index contributed by atoms with van der Waals surface area (Å²) in [5.74, 6) is 1.33. The van der Waals surface area contributed by atoms with Crippen molar-refractivity contribution in [3.8, 4) is 23.6 Å². The number of benzene rings is 2. The van der Waals surface area contributed by atoms with Gasteiger partial charge in [-0.25, -0.2) is 0 Å². The summed E-state index contributed by atoms with van der Waals surface area (Å²) in [5, 5.41) is 18.3. The predicted molar refractivity (Wildman–Crippen MR) is 120 cm³/mol.